The van der Waals surface area contributed by atoms with E-state index < -0.39 is 6.10 Å². The monoisotopic (exact) mass is 281 g/mol. The maximum atomic E-state index is 10.0. The van der Waals surface area contributed by atoms with Gasteiger partial charge in [-0.25, -0.2) is 0 Å². The average Bonchev–Trinajstić information content (AvgIpc) is 2.54. The number of ether oxygens (including phenoxy) is 1. The van der Waals surface area contributed by atoms with Crippen molar-refractivity contribution in [2.45, 2.75) is 25.0 Å². The fraction of sp³-hybridized carbons (Fsp3) is 0.278. The first kappa shape index (κ1) is 15.2. The summed E-state index contributed by atoms with van der Waals surface area (Å²) in [7, 11) is 0. The topological polar surface area (TPSA) is 53.2 Å². The van der Waals surface area contributed by atoms with E-state index in [9.17, 15) is 10.4 Å². The molecule has 0 aliphatic rings. The van der Waals surface area contributed by atoms with Crippen molar-refractivity contribution in [1.29, 1.82) is 5.26 Å². The minimum atomic E-state index is -0.640. The van der Waals surface area contributed by atoms with E-state index in [1.165, 1.54) is 0 Å². The van der Waals surface area contributed by atoms with Gasteiger partial charge in [-0.15, -0.1) is 0 Å². The number of aliphatic hydroxyl groups is 1. The molecule has 0 heterocycles. The third-order valence-electron chi connectivity index (χ3n) is 3.29. The van der Waals surface area contributed by atoms with Crippen molar-refractivity contribution >= 4 is 0 Å². The number of aliphatic hydroxyl groups excluding tert-OH is 1. The van der Waals surface area contributed by atoms with Gasteiger partial charge in [-0.3, -0.25) is 0 Å². The smallest absolute Gasteiger partial charge is 0.0789 e. The molecule has 0 spiro atoms. The second kappa shape index (κ2) is 8.21. The molecule has 108 valence electrons. The summed E-state index contributed by atoms with van der Waals surface area (Å²) in [5.74, 6) is -0.304. The van der Waals surface area contributed by atoms with Gasteiger partial charge in [-0.1, -0.05) is 60.7 Å². The van der Waals surface area contributed by atoms with Crippen LogP contribution in [0.4, 0.5) is 0 Å². The van der Waals surface area contributed by atoms with Gasteiger partial charge in [0.15, 0.2) is 0 Å². The summed E-state index contributed by atoms with van der Waals surface area (Å²) in [6.45, 7) is 0.709. The lowest BCUT2D eigenvalue weighted by Crippen LogP contribution is -2.18. The van der Waals surface area contributed by atoms with E-state index in [2.05, 4.69) is 6.07 Å². The lowest BCUT2D eigenvalue weighted by Gasteiger charge is -2.15. The minimum absolute atomic E-state index is 0.236. The molecule has 3 heteroatoms. The van der Waals surface area contributed by atoms with Crippen LogP contribution < -0.4 is 0 Å². The van der Waals surface area contributed by atoms with Crippen LogP contribution in [0.5, 0.6) is 0 Å². The molecule has 0 amide bonds. The van der Waals surface area contributed by atoms with E-state index in [1.807, 2.05) is 60.7 Å². The van der Waals surface area contributed by atoms with Crippen LogP contribution in [0.1, 0.15) is 23.5 Å². The highest BCUT2D eigenvalue weighted by atomic mass is 16.5. The Balaban J connectivity index is 1.78. The lowest BCUT2D eigenvalue weighted by molar-refractivity contribution is 0.0232. The summed E-state index contributed by atoms with van der Waals surface area (Å²) in [5.41, 5.74) is 2.01. The summed E-state index contributed by atoms with van der Waals surface area (Å²) in [5, 5.41) is 19.2. The summed E-state index contributed by atoms with van der Waals surface area (Å²) in [4.78, 5) is 0. The van der Waals surface area contributed by atoms with Crippen molar-refractivity contribution in [3.63, 3.8) is 0 Å². The van der Waals surface area contributed by atoms with Gasteiger partial charge in [-0.05, 0) is 17.5 Å². The zero-order chi connectivity index (χ0) is 14.9. The second-order valence-corrected chi connectivity index (χ2v) is 4.98. The number of rotatable bonds is 7. The van der Waals surface area contributed by atoms with Gasteiger partial charge in [0.2, 0.25) is 0 Å². The molecule has 0 aromatic heterocycles. The quantitative estimate of drug-likeness (QED) is 0.847. The Bertz CT molecular complexity index is 563. The predicted molar refractivity (Wildman–Crippen MR) is 81.5 cm³/mol. The molecule has 0 saturated carbocycles. The van der Waals surface area contributed by atoms with Gasteiger partial charge < -0.3 is 9.84 Å². The number of nitriles is 1. The van der Waals surface area contributed by atoms with Crippen LogP contribution in [0.25, 0.3) is 0 Å². The van der Waals surface area contributed by atoms with Crippen LogP contribution in [0.3, 0.4) is 0 Å². The number of hydrogen-bond donors (Lipinski definition) is 1. The van der Waals surface area contributed by atoms with Crippen LogP contribution >= 0.6 is 0 Å². The number of nitrogens with zero attached hydrogens (tertiary/aromatic N) is 1. The normalized spacial score (nSPS) is 13.3. The van der Waals surface area contributed by atoms with Crippen LogP contribution in [-0.4, -0.2) is 17.8 Å². The van der Waals surface area contributed by atoms with E-state index >= 15 is 0 Å². The Morgan fingerprint density at radius 3 is 2.24 bits per heavy atom. The molecule has 2 unspecified atom stereocenters. The molecule has 2 aromatic carbocycles. The fourth-order valence-corrected chi connectivity index (χ4v) is 2.18. The Morgan fingerprint density at radius 2 is 1.62 bits per heavy atom. The maximum absolute atomic E-state index is 10.0. The Morgan fingerprint density at radius 1 is 1.00 bits per heavy atom. The summed E-state index contributed by atoms with van der Waals surface area (Å²) < 4.78 is 5.50. The summed E-state index contributed by atoms with van der Waals surface area (Å²) >= 11 is 0. The van der Waals surface area contributed by atoms with E-state index in [0.29, 0.717) is 13.0 Å². The minimum Gasteiger partial charge on any atom is -0.391 e. The third kappa shape index (κ3) is 5.03. The van der Waals surface area contributed by atoms with Crippen molar-refractivity contribution in [2.24, 2.45) is 0 Å². The SMILES string of the molecule is N#CC(CC(O)COCc1ccccc1)c1ccccc1. The van der Waals surface area contributed by atoms with Crippen LogP contribution in [0.2, 0.25) is 0 Å². The first-order chi connectivity index (χ1) is 10.3. The Kier molecular flexibility index (Phi) is 5.96. The van der Waals surface area contributed by atoms with Crippen molar-refractivity contribution in [2.75, 3.05) is 6.61 Å². The second-order valence-electron chi connectivity index (χ2n) is 4.98. The molecule has 21 heavy (non-hydrogen) atoms. The fourth-order valence-electron chi connectivity index (χ4n) is 2.18. The van der Waals surface area contributed by atoms with Gasteiger partial charge in [-0.2, -0.15) is 5.26 Å². The van der Waals surface area contributed by atoms with E-state index in [-0.39, 0.29) is 12.5 Å². The van der Waals surface area contributed by atoms with E-state index in [1.54, 1.807) is 0 Å². The molecule has 0 aliphatic heterocycles. The molecule has 0 fully saturated rings. The van der Waals surface area contributed by atoms with Gasteiger partial charge in [0.25, 0.3) is 0 Å². The molecular weight excluding hydrogens is 262 g/mol. The highest BCUT2D eigenvalue weighted by Crippen LogP contribution is 2.20. The van der Waals surface area contributed by atoms with E-state index in [4.69, 9.17) is 4.74 Å². The molecular formula is C18H19NO2. The highest BCUT2D eigenvalue weighted by Gasteiger charge is 2.16. The van der Waals surface area contributed by atoms with Crippen molar-refractivity contribution in [1.82, 2.24) is 0 Å². The van der Waals surface area contributed by atoms with Gasteiger partial charge in [0.1, 0.15) is 0 Å². The summed E-state index contributed by atoms with van der Waals surface area (Å²) in [6, 6.07) is 21.6. The zero-order valence-electron chi connectivity index (χ0n) is 11.9. The van der Waals surface area contributed by atoms with Gasteiger partial charge in [0.05, 0.1) is 31.3 Å². The molecule has 1 N–H and O–H groups in total. The lowest BCUT2D eigenvalue weighted by atomic mass is 9.95. The van der Waals surface area contributed by atoms with Crippen LogP contribution in [-0.2, 0) is 11.3 Å². The van der Waals surface area contributed by atoms with Crippen molar-refractivity contribution < 1.29 is 9.84 Å². The molecule has 3 nitrogen and oxygen atoms in total. The zero-order valence-corrected chi connectivity index (χ0v) is 11.9. The average molecular weight is 281 g/mol. The number of hydrogen-bond acceptors (Lipinski definition) is 3. The van der Waals surface area contributed by atoms with Crippen LogP contribution in [0, 0.1) is 11.3 Å². The van der Waals surface area contributed by atoms with Crippen molar-refractivity contribution in [3.05, 3.63) is 71.8 Å². The molecule has 0 radical (unpaired) electrons. The largest absolute Gasteiger partial charge is 0.391 e. The first-order valence-electron chi connectivity index (χ1n) is 7.04. The molecule has 0 saturated heterocycles. The Labute approximate surface area is 125 Å². The molecule has 2 aromatic rings. The number of benzene rings is 2. The standard InChI is InChI=1S/C18H19NO2/c19-12-17(16-9-5-2-6-10-16)11-18(20)14-21-13-15-7-3-1-4-8-15/h1-10,17-18,20H,11,13-14H2. The maximum Gasteiger partial charge on any atom is 0.0789 e. The predicted octanol–water partition coefficient (Wildman–Crippen LogP) is 3.26. The van der Waals surface area contributed by atoms with Crippen molar-refractivity contribution in [3.8, 4) is 6.07 Å². The molecule has 2 rings (SSSR count). The first-order valence-corrected chi connectivity index (χ1v) is 7.04. The van der Waals surface area contributed by atoms with Crippen LogP contribution in [0.15, 0.2) is 60.7 Å². The summed E-state index contributed by atoms with van der Waals surface area (Å²) in [6.07, 6.45) is -0.256. The molecule has 2 atom stereocenters. The van der Waals surface area contributed by atoms with E-state index in [0.717, 1.165) is 11.1 Å². The Hall–Kier alpha value is -2.15. The van der Waals surface area contributed by atoms with Gasteiger partial charge >= 0.3 is 0 Å². The molecule has 0 aliphatic carbocycles. The highest BCUT2D eigenvalue weighted by molar-refractivity contribution is 5.24. The molecule has 0 bridgehead atoms. The van der Waals surface area contributed by atoms with Gasteiger partial charge in [0, 0.05) is 0 Å². The third-order valence-corrected chi connectivity index (χ3v) is 3.29.